The van der Waals surface area contributed by atoms with Crippen LogP contribution in [-0.2, 0) is 23.2 Å². The fourth-order valence-corrected chi connectivity index (χ4v) is 7.14. The van der Waals surface area contributed by atoms with E-state index in [1.54, 1.807) is 17.5 Å². The number of carbonyl (C=O) groups excluding carboxylic acids is 1. The van der Waals surface area contributed by atoms with Crippen LogP contribution in [0, 0.1) is 0 Å². The summed E-state index contributed by atoms with van der Waals surface area (Å²) in [5, 5.41) is 2.90. The maximum absolute atomic E-state index is 14.5. The number of benzene rings is 2. The number of amides is 1. The highest BCUT2D eigenvalue weighted by molar-refractivity contribution is 7.09. The van der Waals surface area contributed by atoms with Gasteiger partial charge in [-0.25, -0.2) is 4.98 Å². The van der Waals surface area contributed by atoms with Crippen LogP contribution in [0.3, 0.4) is 0 Å². The zero-order valence-electron chi connectivity index (χ0n) is 19.6. The van der Waals surface area contributed by atoms with E-state index >= 15 is 0 Å². The molecule has 0 N–H and O–H groups in total. The van der Waals surface area contributed by atoms with E-state index in [1.165, 1.54) is 12.0 Å². The molecule has 34 heavy (non-hydrogen) atoms. The van der Waals surface area contributed by atoms with E-state index in [0.29, 0.717) is 13.0 Å². The Labute approximate surface area is 203 Å². The molecule has 3 aliphatic heterocycles. The topological polar surface area (TPSA) is 51.7 Å². The number of hydrogen-bond donors (Lipinski definition) is 0. The number of nitrogens with zero attached hydrogens (tertiary/aromatic N) is 2. The molecular formula is C28H28N2O3S. The molecule has 1 saturated carbocycles. The van der Waals surface area contributed by atoms with Crippen molar-refractivity contribution in [2.24, 2.45) is 0 Å². The van der Waals surface area contributed by atoms with Crippen LogP contribution in [0.2, 0.25) is 0 Å². The third-order valence-corrected chi connectivity index (χ3v) is 8.95. The largest absolute Gasteiger partial charge is 0.487 e. The highest BCUT2D eigenvalue weighted by Crippen LogP contribution is 2.58. The van der Waals surface area contributed by atoms with Gasteiger partial charge in [0.15, 0.2) is 0 Å². The van der Waals surface area contributed by atoms with Crippen molar-refractivity contribution in [2.45, 2.75) is 75.5 Å². The van der Waals surface area contributed by atoms with E-state index in [1.807, 2.05) is 22.4 Å². The van der Waals surface area contributed by atoms with Gasteiger partial charge in [0.2, 0.25) is 5.91 Å². The molecule has 4 heterocycles. The van der Waals surface area contributed by atoms with Crippen LogP contribution in [0.1, 0.15) is 67.6 Å². The third-order valence-electron chi connectivity index (χ3n) is 8.18. The quantitative estimate of drug-likeness (QED) is 0.474. The van der Waals surface area contributed by atoms with Crippen LogP contribution < -0.4 is 14.4 Å². The van der Waals surface area contributed by atoms with Crippen molar-refractivity contribution in [3.63, 3.8) is 0 Å². The number of carbonyl (C=O) groups is 1. The Morgan fingerprint density at radius 1 is 1.06 bits per heavy atom. The summed E-state index contributed by atoms with van der Waals surface area (Å²) in [5.41, 5.74) is 2.98. The van der Waals surface area contributed by atoms with Crippen LogP contribution in [0.5, 0.6) is 11.5 Å². The van der Waals surface area contributed by atoms with Crippen molar-refractivity contribution in [1.29, 1.82) is 0 Å². The predicted molar refractivity (Wildman–Crippen MR) is 132 cm³/mol. The van der Waals surface area contributed by atoms with Gasteiger partial charge < -0.3 is 14.4 Å². The maximum atomic E-state index is 14.5. The van der Waals surface area contributed by atoms with Crippen molar-refractivity contribution in [3.05, 3.63) is 69.7 Å². The average molecular weight is 473 g/mol. The second kappa shape index (κ2) is 6.85. The minimum absolute atomic E-state index is 0.0173. The lowest BCUT2D eigenvalue weighted by Gasteiger charge is -2.47. The van der Waals surface area contributed by atoms with E-state index in [4.69, 9.17) is 9.47 Å². The van der Waals surface area contributed by atoms with Crippen LogP contribution in [0.4, 0.5) is 5.69 Å². The van der Waals surface area contributed by atoms with Crippen molar-refractivity contribution in [1.82, 2.24) is 4.98 Å². The zero-order chi connectivity index (χ0) is 23.1. The molecule has 6 heteroatoms. The van der Waals surface area contributed by atoms with Crippen molar-refractivity contribution in [3.8, 4) is 11.5 Å². The first-order valence-electron chi connectivity index (χ1n) is 12.2. The van der Waals surface area contributed by atoms with Gasteiger partial charge in [-0.1, -0.05) is 18.2 Å². The second-order valence-electron chi connectivity index (χ2n) is 10.9. The molecule has 0 bridgehead atoms. The van der Waals surface area contributed by atoms with Gasteiger partial charge in [0.05, 0.1) is 6.54 Å². The normalized spacial score (nSPS) is 25.2. The van der Waals surface area contributed by atoms with Gasteiger partial charge in [0.25, 0.3) is 0 Å². The molecule has 1 atom stereocenters. The number of thiazole rings is 1. The molecule has 1 aromatic heterocycles. The fourth-order valence-electron chi connectivity index (χ4n) is 6.53. The summed E-state index contributed by atoms with van der Waals surface area (Å²) in [7, 11) is 0. The lowest BCUT2D eigenvalue weighted by atomic mass is 9.66. The zero-order valence-corrected chi connectivity index (χ0v) is 20.4. The predicted octanol–water partition coefficient (Wildman–Crippen LogP) is 5.78. The van der Waals surface area contributed by atoms with Gasteiger partial charge in [-0.3, -0.25) is 4.79 Å². The summed E-state index contributed by atoms with van der Waals surface area (Å²) >= 11 is 1.59. The highest BCUT2D eigenvalue weighted by Gasteiger charge is 2.58. The number of fused-ring (bicyclic) bond motifs is 5. The first kappa shape index (κ1) is 20.5. The van der Waals surface area contributed by atoms with Gasteiger partial charge in [-0.2, -0.15) is 0 Å². The molecule has 1 fully saturated rings. The molecule has 1 unspecified atom stereocenters. The molecule has 3 aromatic rings. The minimum Gasteiger partial charge on any atom is -0.487 e. The van der Waals surface area contributed by atoms with Gasteiger partial charge in [0.1, 0.15) is 33.1 Å². The standard InChI is InChI=1S/C28H28N2O3S/c1-26(2)17-28(19-6-3-4-7-21(19)30(25(28)31)16-24-29-12-13-34-24)20-14-18-8-11-27(9-5-10-27)33-22(18)15-23(20)32-26/h3-4,6-7,12-15H,5,8-11,16-17H2,1-2H3. The molecule has 2 spiro atoms. The molecule has 5 nitrogen and oxygen atoms in total. The minimum atomic E-state index is -0.772. The van der Waals surface area contributed by atoms with Crippen LogP contribution >= 0.6 is 11.3 Å². The van der Waals surface area contributed by atoms with E-state index in [9.17, 15) is 4.79 Å². The summed E-state index contributed by atoms with van der Waals surface area (Å²) in [6.07, 6.45) is 7.96. The van der Waals surface area contributed by atoms with Gasteiger partial charge in [-0.15, -0.1) is 11.3 Å². The Morgan fingerprint density at radius 3 is 2.68 bits per heavy atom. The molecule has 0 saturated heterocycles. The summed E-state index contributed by atoms with van der Waals surface area (Å²) in [4.78, 5) is 20.8. The summed E-state index contributed by atoms with van der Waals surface area (Å²) in [6.45, 7) is 4.66. The monoisotopic (exact) mass is 472 g/mol. The number of aryl methyl sites for hydroxylation is 1. The molecule has 1 aliphatic carbocycles. The molecule has 1 amide bonds. The van der Waals surface area contributed by atoms with E-state index in [0.717, 1.165) is 59.0 Å². The van der Waals surface area contributed by atoms with Crippen LogP contribution in [-0.4, -0.2) is 22.1 Å². The van der Waals surface area contributed by atoms with Crippen molar-refractivity contribution in [2.75, 3.05) is 4.90 Å². The number of aromatic nitrogens is 1. The van der Waals surface area contributed by atoms with Gasteiger partial charge in [-0.05, 0) is 69.2 Å². The summed E-state index contributed by atoms with van der Waals surface area (Å²) in [5.74, 6) is 1.84. The first-order chi connectivity index (χ1) is 16.4. The highest BCUT2D eigenvalue weighted by atomic mass is 32.1. The first-order valence-corrected chi connectivity index (χ1v) is 13.1. The molecule has 174 valence electrons. The van der Waals surface area contributed by atoms with Crippen molar-refractivity contribution < 1.29 is 14.3 Å². The molecular weight excluding hydrogens is 444 g/mol. The summed E-state index contributed by atoms with van der Waals surface area (Å²) < 4.78 is 13.1. The third kappa shape index (κ3) is 2.78. The Kier molecular flexibility index (Phi) is 4.13. The Bertz CT molecular complexity index is 1310. The number of para-hydroxylation sites is 1. The Balaban J connectivity index is 1.41. The smallest absolute Gasteiger partial charge is 0.242 e. The van der Waals surface area contributed by atoms with Crippen LogP contribution in [0.15, 0.2) is 48.0 Å². The van der Waals surface area contributed by atoms with Crippen LogP contribution in [0.25, 0.3) is 0 Å². The lowest BCUT2D eigenvalue weighted by molar-refractivity contribution is -0.124. The Morgan fingerprint density at radius 2 is 1.91 bits per heavy atom. The Hall–Kier alpha value is -2.86. The number of rotatable bonds is 2. The number of ether oxygens (including phenoxy) is 2. The summed E-state index contributed by atoms with van der Waals surface area (Å²) in [6, 6.07) is 12.5. The SMILES string of the molecule is CC1(C)CC2(C(=O)N(Cc3nccs3)c3ccccc32)c2cc3c(cc2O1)OC1(CCC1)CC3. The average Bonchev–Trinajstić information content (AvgIpc) is 3.38. The number of anilines is 1. The molecule has 0 radical (unpaired) electrons. The molecule has 2 aromatic carbocycles. The van der Waals surface area contributed by atoms with E-state index < -0.39 is 11.0 Å². The van der Waals surface area contributed by atoms with Gasteiger partial charge >= 0.3 is 0 Å². The molecule has 4 aliphatic rings. The van der Waals surface area contributed by atoms with E-state index in [-0.39, 0.29) is 11.5 Å². The second-order valence-corrected chi connectivity index (χ2v) is 11.9. The van der Waals surface area contributed by atoms with E-state index in [2.05, 4.69) is 43.1 Å². The lowest BCUT2D eigenvalue weighted by Crippen LogP contribution is -2.51. The molecule has 7 rings (SSSR count). The fraction of sp³-hybridized carbons (Fsp3) is 0.429. The number of hydrogen-bond acceptors (Lipinski definition) is 5. The maximum Gasteiger partial charge on any atom is 0.242 e. The van der Waals surface area contributed by atoms with Gasteiger partial charge in [0, 0.05) is 35.3 Å². The van der Waals surface area contributed by atoms with Crippen molar-refractivity contribution >= 4 is 22.9 Å².